The molecule has 3 rings (SSSR count). The maximum absolute atomic E-state index is 12.2. The number of carbonyl (C=O) groups is 1. The van der Waals surface area contributed by atoms with E-state index in [0.29, 0.717) is 6.54 Å². The first-order valence-corrected chi connectivity index (χ1v) is 8.53. The lowest BCUT2D eigenvalue weighted by atomic mass is 10.2. The van der Waals surface area contributed by atoms with Crippen molar-refractivity contribution in [3.63, 3.8) is 0 Å². The van der Waals surface area contributed by atoms with Gasteiger partial charge in [0, 0.05) is 16.3 Å². The number of urea groups is 1. The first-order chi connectivity index (χ1) is 11.8. The fraction of sp³-hybridized carbons (Fsp3) is 0.0500. The van der Waals surface area contributed by atoms with Crippen LogP contribution in [0.5, 0.6) is 0 Å². The summed E-state index contributed by atoms with van der Waals surface area (Å²) >= 11 is 1.63. The van der Waals surface area contributed by atoms with Crippen molar-refractivity contribution in [3.05, 3.63) is 90.5 Å². The average Bonchev–Trinajstić information content (AvgIpc) is 2.63. The van der Waals surface area contributed by atoms with Gasteiger partial charge in [0.05, 0.1) is 5.69 Å². The second-order valence-corrected chi connectivity index (χ2v) is 6.32. The molecule has 3 nitrogen and oxygen atoms in total. The van der Waals surface area contributed by atoms with Crippen molar-refractivity contribution < 1.29 is 4.79 Å². The maximum Gasteiger partial charge on any atom is 0.319 e. The molecule has 0 heterocycles. The minimum absolute atomic E-state index is 0.208. The summed E-state index contributed by atoms with van der Waals surface area (Å²) in [5.74, 6) is 0. The van der Waals surface area contributed by atoms with Crippen molar-refractivity contribution in [3.8, 4) is 0 Å². The van der Waals surface area contributed by atoms with Gasteiger partial charge >= 0.3 is 6.03 Å². The van der Waals surface area contributed by atoms with Gasteiger partial charge in [-0.25, -0.2) is 4.79 Å². The molecule has 0 aliphatic heterocycles. The Hall–Kier alpha value is -2.72. The Morgan fingerprint density at radius 3 is 2.17 bits per heavy atom. The van der Waals surface area contributed by atoms with Crippen LogP contribution < -0.4 is 10.6 Å². The van der Waals surface area contributed by atoms with Crippen LogP contribution in [0, 0.1) is 0 Å². The topological polar surface area (TPSA) is 41.1 Å². The molecule has 0 spiro atoms. The third-order valence-electron chi connectivity index (χ3n) is 3.40. The second-order valence-electron chi connectivity index (χ2n) is 5.20. The molecule has 120 valence electrons. The van der Waals surface area contributed by atoms with Crippen molar-refractivity contribution >= 4 is 23.5 Å². The summed E-state index contributed by atoms with van der Waals surface area (Å²) in [6, 6.07) is 27.5. The molecule has 0 aliphatic carbocycles. The third-order valence-corrected chi connectivity index (χ3v) is 4.49. The lowest BCUT2D eigenvalue weighted by Gasteiger charge is -2.12. The molecule has 4 heteroatoms. The number of hydrogen-bond acceptors (Lipinski definition) is 2. The van der Waals surface area contributed by atoms with Crippen LogP contribution in [0.15, 0.2) is 94.7 Å². The van der Waals surface area contributed by atoms with Crippen molar-refractivity contribution in [2.75, 3.05) is 5.32 Å². The summed E-state index contributed by atoms with van der Waals surface area (Å²) < 4.78 is 0. The van der Waals surface area contributed by atoms with Crippen LogP contribution in [0.1, 0.15) is 5.56 Å². The van der Waals surface area contributed by atoms with Gasteiger partial charge < -0.3 is 10.6 Å². The summed E-state index contributed by atoms with van der Waals surface area (Å²) in [6.45, 7) is 0.501. The van der Waals surface area contributed by atoms with Gasteiger partial charge in [-0.3, -0.25) is 0 Å². The van der Waals surface area contributed by atoms with Crippen molar-refractivity contribution in [1.29, 1.82) is 0 Å². The largest absolute Gasteiger partial charge is 0.334 e. The summed E-state index contributed by atoms with van der Waals surface area (Å²) in [5.41, 5.74) is 1.87. The Balaban J connectivity index is 1.63. The van der Waals surface area contributed by atoms with Gasteiger partial charge in [0.25, 0.3) is 0 Å². The van der Waals surface area contributed by atoms with Crippen LogP contribution in [0.4, 0.5) is 10.5 Å². The van der Waals surface area contributed by atoms with Gasteiger partial charge in [-0.15, -0.1) is 0 Å². The highest BCUT2D eigenvalue weighted by Crippen LogP contribution is 2.33. The third kappa shape index (κ3) is 4.64. The molecule has 3 aromatic rings. The number of carbonyl (C=O) groups excluding carboxylic acids is 1. The van der Waals surface area contributed by atoms with Gasteiger partial charge in [0.15, 0.2) is 0 Å². The number of nitrogens with one attached hydrogen (secondary N) is 2. The van der Waals surface area contributed by atoms with Crippen molar-refractivity contribution in [1.82, 2.24) is 5.32 Å². The quantitative estimate of drug-likeness (QED) is 0.677. The van der Waals surface area contributed by atoms with E-state index in [1.807, 2.05) is 72.8 Å². The summed E-state index contributed by atoms with van der Waals surface area (Å²) in [6.07, 6.45) is 0. The van der Waals surface area contributed by atoms with Crippen LogP contribution in [-0.2, 0) is 6.54 Å². The number of benzene rings is 3. The van der Waals surface area contributed by atoms with Gasteiger partial charge in [-0.05, 0) is 29.8 Å². The molecule has 0 aliphatic rings. The fourth-order valence-corrected chi connectivity index (χ4v) is 3.14. The Labute approximate surface area is 146 Å². The zero-order valence-corrected chi connectivity index (χ0v) is 13.9. The zero-order valence-electron chi connectivity index (χ0n) is 13.1. The number of anilines is 1. The number of hydrogen-bond donors (Lipinski definition) is 2. The van der Waals surface area contributed by atoms with E-state index in [9.17, 15) is 4.79 Å². The molecular weight excluding hydrogens is 316 g/mol. The molecule has 0 atom stereocenters. The van der Waals surface area contributed by atoms with Crippen molar-refractivity contribution in [2.45, 2.75) is 16.3 Å². The molecule has 24 heavy (non-hydrogen) atoms. The predicted molar refractivity (Wildman–Crippen MR) is 99.3 cm³/mol. The van der Waals surface area contributed by atoms with E-state index < -0.39 is 0 Å². The Morgan fingerprint density at radius 1 is 0.792 bits per heavy atom. The molecule has 3 aromatic carbocycles. The van der Waals surface area contributed by atoms with Crippen LogP contribution in [0.2, 0.25) is 0 Å². The molecule has 0 unspecified atom stereocenters. The molecule has 0 fully saturated rings. The SMILES string of the molecule is O=C(NCc1ccccc1)Nc1ccccc1Sc1ccccc1. The van der Waals surface area contributed by atoms with E-state index >= 15 is 0 Å². The van der Waals surface area contributed by atoms with E-state index in [-0.39, 0.29) is 6.03 Å². The average molecular weight is 334 g/mol. The first kappa shape index (κ1) is 16.1. The highest BCUT2D eigenvalue weighted by molar-refractivity contribution is 7.99. The second kappa shape index (κ2) is 8.22. The molecule has 0 radical (unpaired) electrons. The van der Waals surface area contributed by atoms with Crippen molar-refractivity contribution in [2.24, 2.45) is 0 Å². The minimum atomic E-state index is -0.208. The number of rotatable bonds is 5. The van der Waals surface area contributed by atoms with Crippen LogP contribution in [0.25, 0.3) is 0 Å². The van der Waals surface area contributed by atoms with E-state index in [0.717, 1.165) is 21.0 Å². The van der Waals surface area contributed by atoms with Crippen LogP contribution in [-0.4, -0.2) is 6.03 Å². The smallest absolute Gasteiger partial charge is 0.319 e. The van der Waals surface area contributed by atoms with Gasteiger partial charge in [-0.2, -0.15) is 0 Å². The minimum Gasteiger partial charge on any atom is -0.334 e. The number of para-hydroxylation sites is 1. The summed E-state index contributed by atoms with van der Waals surface area (Å²) in [5, 5.41) is 5.81. The lowest BCUT2D eigenvalue weighted by molar-refractivity contribution is 0.251. The zero-order chi connectivity index (χ0) is 16.6. The molecule has 0 bridgehead atoms. The molecule has 2 N–H and O–H groups in total. The maximum atomic E-state index is 12.2. The Morgan fingerprint density at radius 2 is 1.42 bits per heavy atom. The van der Waals surface area contributed by atoms with Crippen LogP contribution in [0.3, 0.4) is 0 Å². The molecule has 0 aromatic heterocycles. The Kier molecular flexibility index (Phi) is 5.53. The summed E-state index contributed by atoms with van der Waals surface area (Å²) in [7, 11) is 0. The van der Waals surface area contributed by atoms with E-state index in [2.05, 4.69) is 22.8 Å². The van der Waals surface area contributed by atoms with Gasteiger partial charge in [0.1, 0.15) is 0 Å². The molecular formula is C20H18N2OS. The predicted octanol–water partition coefficient (Wildman–Crippen LogP) is 5.16. The normalized spacial score (nSPS) is 10.2. The van der Waals surface area contributed by atoms with E-state index in [4.69, 9.17) is 0 Å². The monoisotopic (exact) mass is 334 g/mol. The fourth-order valence-electron chi connectivity index (χ4n) is 2.22. The van der Waals surface area contributed by atoms with E-state index in [1.165, 1.54) is 0 Å². The van der Waals surface area contributed by atoms with E-state index in [1.54, 1.807) is 11.8 Å². The number of amides is 2. The Bertz CT molecular complexity index is 791. The van der Waals surface area contributed by atoms with Gasteiger partial charge in [-0.1, -0.05) is 72.4 Å². The van der Waals surface area contributed by atoms with Gasteiger partial charge in [0.2, 0.25) is 0 Å². The molecule has 0 saturated carbocycles. The standard InChI is InChI=1S/C20H18N2OS/c23-20(21-15-16-9-3-1-4-10-16)22-18-13-7-8-14-19(18)24-17-11-5-2-6-12-17/h1-14H,15H2,(H2,21,22,23). The summed E-state index contributed by atoms with van der Waals surface area (Å²) in [4.78, 5) is 14.3. The highest BCUT2D eigenvalue weighted by Gasteiger charge is 2.07. The first-order valence-electron chi connectivity index (χ1n) is 7.72. The lowest BCUT2D eigenvalue weighted by Crippen LogP contribution is -2.28. The van der Waals surface area contributed by atoms with Crippen LogP contribution >= 0.6 is 11.8 Å². The molecule has 0 saturated heterocycles. The molecule has 2 amide bonds. The highest BCUT2D eigenvalue weighted by atomic mass is 32.2.